The van der Waals surface area contributed by atoms with E-state index < -0.39 is 0 Å². The smallest absolute Gasteiger partial charge is 0.306 e. The number of hydrogen-bond donors (Lipinski definition) is 2. The Morgan fingerprint density at radius 1 is 1.29 bits per heavy atom. The molecule has 1 fully saturated rings. The SMILES string of the molecule is C.C.CCCC(CC(=O)OCC)C[N+](=O)[O-].CCCC1CNC(=O)C1.CO.[B]. The molecule has 1 amide bonds. The summed E-state index contributed by atoms with van der Waals surface area (Å²) in [5.74, 6) is 0.331. The van der Waals surface area contributed by atoms with Crippen LogP contribution in [0.25, 0.3) is 0 Å². The van der Waals surface area contributed by atoms with Crippen molar-refractivity contribution in [2.24, 2.45) is 11.8 Å². The molecule has 0 aromatic rings. The number of aliphatic hydroxyl groups is 1. The van der Waals surface area contributed by atoms with Crippen LogP contribution in [-0.4, -0.2) is 57.1 Å². The zero-order chi connectivity index (χ0) is 19.7. The van der Waals surface area contributed by atoms with Crippen molar-refractivity contribution in [2.75, 3.05) is 26.8 Å². The monoisotopic (exact) mass is 405 g/mol. The number of amides is 1. The summed E-state index contributed by atoms with van der Waals surface area (Å²) in [7, 11) is 1.00. The van der Waals surface area contributed by atoms with E-state index in [-0.39, 0.29) is 58.9 Å². The van der Waals surface area contributed by atoms with Crippen molar-refractivity contribution < 1.29 is 24.4 Å². The molecule has 0 spiro atoms. The van der Waals surface area contributed by atoms with E-state index in [1.165, 1.54) is 12.8 Å². The predicted molar refractivity (Wildman–Crippen MR) is 115 cm³/mol. The molecule has 167 valence electrons. The molecule has 0 aromatic heterocycles. The van der Waals surface area contributed by atoms with E-state index >= 15 is 0 Å². The highest BCUT2D eigenvalue weighted by Gasteiger charge is 2.20. The first kappa shape index (κ1) is 37.2. The maximum atomic E-state index is 11.1. The van der Waals surface area contributed by atoms with Crippen molar-refractivity contribution >= 4 is 20.3 Å². The second-order valence-corrected chi connectivity index (χ2v) is 5.84. The Bertz CT molecular complexity index is 383. The molecule has 1 aliphatic rings. The van der Waals surface area contributed by atoms with E-state index in [0.29, 0.717) is 18.9 Å². The Morgan fingerprint density at radius 2 is 1.86 bits per heavy atom. The number of aliphatic hydroxyl groups excluding tert-OH is 1. The molecule has 1 rings (SSSR count). The van der Waals surface area contributed by atoms with Crippen LogP contribution in [0.5, 0.6) is 0 Å². The van der Waals surface area contributed by atoms with Gasteiger partial charge < -0.3 is 15.2 Å². The zero-order valence-corrected chi connectivity index (χ0v) is 16.5. The molecule has 3 radical (unpaired) electrons. The number of ether oxygens (including phenoxy) is 1. The first-order valence-corrected chi connectivity index (χ1v) is 8.91. The number of nitrogens with one attached hydrogen (secondary N) is 1. The fraction of sp³-hybridized carbons (Fsp3) is 0.895. The van der Waals surface area contributed by atoms with E-state index in [4.69, 9.17) is 9.84 Å². The quantitative estimate of drug-likeness (QED) is 0.263. The molecular weight excluding hydrogens is 363 g/mol. The van der Waals surface area contributed by atoms with Crippen LogP contribution < -0.4 is 5.32 Å². The number of rotatable bonds is 9. The summed E-state index contributed by atoms with van der Waals surface area (Å²) >= 11 is 0. The molecule has 0 saturated carbocycles. The molecule has 0 aromatic carbocycles. The van der Waals surface area contributed by atoms with Crippen molar-refractivity contribution in [3.8, 4) is 0 Å². The van der Waals surface area contributed by atoms with Crippen LogP contribution in [0.4, 0.5) is 0 Å². The first-order valence-electron chi connectivity index (χ1n) is 8.91. The number of nitrogens with zero attached hydrogens (tertiary/aromatic N) is 1. The fourth-order valence-corrected chi connectivity index (χ4v) is 2.61. The van der Waals surface area contributed by atoms with Gasteiger partial charge in [0.05, 0.1) is 13.0 Å². The number of carbonyl (C=O) groups is 2. The third-order valence-corrected chi connectivity index (χ3v) is 3.62. The minimum Gasteiger partial charge on any atom is -0.466 e. The minimum atomic E-state index is -0.375. The lowest BCUT2D eigenvalue weighted by Gasteiger charge is -2.10. The highest BCUT2D eigenvalue weighted by atomic mass is 16.6. The fourth-order valence-electron chi connectivity index (χ4n) is 2.61. The molecule has 1 aliphatic heterocycles. The maximum absolute atomic E-state index is 11.1. The molecule has 9 heteroatoms. The van der Waals surface area contributed by atoms with Crippen LogP contribution in [0.15, 0.2) is 0 Å². The van der Waals surface area contributed by atoms with E-state index in [9.17, 15) is 19.7 Å². The molecule has 0 bridgehead atoms. The van der Waals surface area contributed by atoms with Gasteiger partial charge in [0.1, 0.15) is 0 Å². The second kappa shape index (κ2) is 25.4. The molecule has 2 atom stereocenters. The third kappa shape index (κ3) is 22.4. The second-order valence-electron chi connectivity index (χ2n) is 5.84. The Morgan fingerprint density at radius 3 is 2.21 bits per heavy atom. The van der Waals surface area contributed by atoms with Gasteiger partial charge in [0.2, 0.25) is 12.5 Å². The van der Waals surface area contributed by atoms with Crippen LogP contribution in [-0.2, 0) is 14.3 Å². The Kier molecular flexibility index (Phi) is 33.7. The summed E-state index contributed by atoms with van der Waals surface area (Å²) < 4.78 is 4.74. The van der Waals surface area contributed by atoms with Gasteiger partial charge in [0, 0.05) is 39.3 Å². The lowest BCUT2D eigenvalue weighted by molar-refractivity contribution is -0.488. The summed E-state index contributed by atoms with van der Waals surface area (Å²) in [4.78, 5) is 31.6. The Balaban J connectivity index is -0.000000110. The summed E-state index contributed by atoms with van der Waals surface area (Å²) in [5.41, 5.74) is 0. The lowest BCUT2D eigenvalue weighted by atomic mass is 10.0. The topological polar surface area (TPSA) is 119 Å². The average molecular weight is 405 g/mol. The lowest BCUT2D eigenvalue weighted by Crippen LogP contribution is -2.19. The van der Waals surface area contributed by atoms with Gasteiger partial charge >= 0.3 is 5.97 Å². The van der Waals surface area contributed by atoms with Crippen molar-refractivity contribution in [1.29, 1.82) is 0 Å². The van der Waals surface area contributed by atoms with Gasteiger partial charge in [-0.25, -0.2) is 0 Å². The van der Waals surface area contributed by atoms with E-state index in [0.717, 1.165) is 26.5 Å². The van der Waals surface area contributed by atoms with Gasteiger partial charge in [0.15, 0.2) is 0 Å². The standard InChI is InChI=1S/C9H17NO4.C7H13NO.CH4O.2CH4.B/c1-3-5-8(7-10(12)13)6-9(11)14-4-2;1-2-3-6-4-7(9)8-5-6;1-2;;;/h8H,3-7H2,1-2H3;6H,2-5H2,1H3,(H,8,9);2H,1H3;2*1H4;. The first-order chi connectivity index (χ1) is 11.9. The van der Waals surface area contributed by atoms with E-state index in [1.54, 1.807) is 6.92 Å². The zero-order valence-electron chi connectivity index (χ0n) is 16.5. The normalized spacial score (nSPS) is 14.8. The van der Waals surface area contributed by atoms with E-state index in [1.807, 2.05) is 6.92 Å². The number of hydrogen-bond acceptors (Lipinski definition) is 6. The van der Waals surface area contributed by atoms with Crippen molar-refractivity contribution in [2.45, 2.75) is 74.1 Å². The largest absolute Gasteiger partial charge is 0.466 e. The molecule has 1 saturated heterocycles. The molecular formula is C19H42BN2O6. The average Bonchev–Trinajstić information content (AvgIpc) is 2.95. The summed E-state index contributed by atoms with van der Waals surface area (Å²) in [6.07, 6.45) is 4.84. The van der Waals surface area contributed by atoms with Crippen LogP contribution >= 0.6 is 0 Å². The van der Waals surface area contributed by atoms with Crippen molar-refractivity contribution in [3.63, 3.8) is 0 Å². The van der Waals surface area contributed by atoms with Crippen LogP contribution in [0, 0.1) is 22.0 Å². The highest BCUT2D eigenvalue weighted by molar-refractivity contribution is 5.78. The number of nitro groups is 1. The Labute approximate surface area is 173 Å². The van der Waals surface area contributed by atoms with Crippen LogP contribution in [0.1, 0.15) is 74.1 Å². The van der Waals surface area contributed by atoms with Crippen LogP contribution in [0.2, 0.25) is 0 Å². The number of esters is 1. The van der Waals surface area contributed by atoms with Gasteiger partial charge in [-0.1, -0.05) is 41.5 Å². The summed E-state index contributed by atoms with van der Waals surface area (Å²) in [5, 5.41) is 20.1. The molecule has 2 unspecified atom stereocenters. The number of carbonyl (C=O) groups excluding carboxylic acids is 2. The van der Waals surface area contributed by atoms with Crippen LogP contribution in [0.3, 0.4) is 0 Å². The van der Waals surface area contributed by atoms with Crippen molar-refractivity contribution in [3.05, 3.63) is 10.1 Å². The van der Waals surface area contributed by atoms with Gasteiger partial charge in [-0.05, 0) is 25.7 Å². The minimum absolute atomic E-state index is 0. The highest BCUT2D eigenvalue weighted by Crippen LogP contribution is 2.14. The van der Waals surface area contributed by atoms with Gasteiger partial charge in [-0.15, -0.1) is 0 Å². The molecule has 1 heterocycles. The predicted octanol–water partition coefficient (Wildman–Crippen LogP) is 3.06. The summed E-state index contributed by atoms with van der Waals surface area (Å²) in [6, 6.07) is 0. The third-order valence-electron chi connectivity index (χ3n) is 3.62. The van der Waals surface area contributed by atoms with Gasteiger partial charge in [0.25, 0.3) is 0 Å². The molecule has 8 nitrogen and oxygen atoms in total. The molecule has 2 N–H and O–H groups in total. The van der Waals surface area contributed by atoms with Gasteiger partial charge in [-0.2, -0.15) is 0 Å². The van der Waals surface area contributed by atoms with Crippen molar-refractivity contribution in [1.82, 2.24) is 5.32 Å². The van der Waals surface area contributed by atoms with Gasteiger partial charge in [-0.3, -0.25) is 19.7 Å². The molecule has 28 heavy (non-hydrogen) atoms. The summed E-state index contributed by atoms with van der Waals surface area (Å²) in [6.45, 7) is 6.91. The Hall–Kier alpha value is -1.64. The molecule has 0 aliphatic carbocycles. The maximum Gasteiger partial charge on any atom is 0.306 e. The van der Waals surface area contributed by atoms with E-state index in [2.05, 4.69) is 12.2 Å².